The largest absolute Gasteiger partial charge is 0.495 e. The molecule has 0 amide bonds. The van der Waals surface area contributed by atoms with Crippen LogP contribution in [0.2, 0.25) is 5.02 Å². The van der Waals surface area contributed by atoms with Crippen molar-refractivity contribution in [3.8, 4) is 5.75 Å². The Morgan fingerprint density at radius 3 is 2.64 bits per heavy atom. The molecule has 0 aliphatic heterocycles. The van der Waals surface area contributed by atoms with Crippen LogP contribution in [0.4, 0.5) is 23.1 Å². The van der Waals surface area contributed by atoms with Crippen LogP contribution in [0.15, 0.2) is 48.7 Å². The molecule has 1 heterocycles. The summed E-state index contributed by atoms with van der Waals surface area (Å²) in [5, 5.41) is 12.0. The van der Waals surface area contributed by atoms with E-state index in [4.69, 9.17) is 16.3 Å². The lowest BCUT2D eigenvalue weighted by atomic mass is 10.2. The van der Waals surface area contributed by atoms with Gasteiger partial charge in [0.05, 0.1) is 19.0 Å². The monoisotopic (exact) mass is 355 g/mol. The molecule has 1 N–H and O–H groups in total. The Labute approximate surface area is 151 Å². The summed E-state index contributed by atoms with van der Waals surface area (Å²) in [6.45, 7) is 1.93. The Bertz CT molecular complexity index is 873. The highest BCUT2D eigenvalue weighted by Gasteiger charge is 2.11. The number of methoxy groups -OCH3 is 1. The first-order valence-electron chi connectivity index (χ1n) is 7.68. The van der Waals surface area contributed by atoms with Crippen molar-refractivity contribution in [2.24, 2.45) is 0 Å². The van der Waals surface area contributed by atoms with Gasteiger partial charge >= 0.3 is 0 Å². The van der Waals surface area contributed by atoms with Gasteiger partial charge in [0.25, 0.3) is 5.95 Å². The van der Waals surface area contributed by atoms with Crippen molar-refractivity contribution in [2.45, 2.75) is 6.92 Å². The lowest BCUT2D eigenvalue weighted by molar-refractivity contribution is 0.416. The van der Waals surface area contributed by atoms with Crippen LogP contribution in [0, 0.1) is 6.92 Å². The number of nitrogens with one attached hydrogen (secondary N) is 1. The molecule has 25 heavy (non-hydrogen) atoms. The second-order valence-corrected chi connectivity index (χ2v) is 5.87. The SMILES string of the molecule is COc1cc(Cl)c(C)cc1Nc1cnnc(N(C)c2ccccc2)n1. The average Bonchev–Trinajstić information content (AvgIpc) is 2.65. The van der Waals surface area contributed by atoms with E-state index in [9.17, 15) is 0 Å². The van der Waals surface area contributed by atoms with Crippen molar-refractivity contribution >= 4 is 34.7 Å². The second kappa shape index (κ2) is 7.36. The van der Waals surface area contributed by atoms with Gasteiger partial charge in [-0.15, -0.1) is 5.10 Å². The van der Waals surface area contributed by atoms with Gasteiger partial charge in [0.1, 0.15) is 5.75 Å². The van der Waals surface area contributed by atoms with Gasteiger partial charge < -0.3 is 15.0 Å². The van der Waals surface area contributed by atoms with Crippen LogP contribution in [-0.2, 0) is 0 Å². The van der Waals surface area contributed by atoms with Gasteiger partial charge in [-0.2, -0.15) is 10.1 Å². The fourth-order valence-electron chi connectivity index (χ4n) is 2.33. The van der Waals surface area contributed by atoms with Gasteiger partial charge in [0, 0.05) is 23.8 Å². The second-order valence-electron chi connectivity index (χ2n) is 5.46. The highest BCUT2D eigenvalue weighted by atomic mass is 35.5. The molecule has 6 nitrogen and oxygen atoms in total. The van der Waals surface area contributed by atoms with Crippen molar-refractivity contribution in [1.82, 2.24) is 15.2 Å². The number of aromatic nitrogens is 3. The number of hydrogen-bond donors (Lipinski definition) is 1. The molecule has 0 atom stereocenters. The van der Waals surface area contributed by atoms with Gasteiger partial charge in [-0.1, -0.05) is 29.8 Å². The Morgan fingerprint density at radius 1 is 1.16 bits per heavy atom. The van der Waals surface area contributed by atoms with Crippen molar-refractivity contribution in [2.75, 3.05) is 24.4 Å². The molecule has 7 heteroatoms. The summed E-state index contributed by atoms with van der Waals surface area (Å²) < 4.78 is 5.38. The van der Waals surface area contributed by atoms with Gasteiger partial charge in [-0.05, 0) is 30.7 Å². The maximum absolute atomic E-state index is 6.15. The first kappa shape index (κ1) is 17.0. The summed E-state index contributed by atoms with van der Waals surface area (Å²) >= 11 is 6.15. The van der Waals surface area contributed by atoms with Crippen LogP contribution in [0.25, 0.3) is 0 Å². The molecular formula is C18H18ClN5O. The quantitative estimate of drug-likeness (QED) is 0.734. The molecule has 0 saturated heterocycles. The van der Waals surface area contributed by atoms with E-state index >= 15 is 0 Å². The number of hydrogen-bond acceptors (Lipinski definition) is 6. The molecule has 128 valence electrons. The average molecular weight is 356 g/mol. The fraction of sp³-hybridized carbons (Fsp3) is 0.167. The molecule has 0 fully saturated rings. The summed E-state index contributed by atoms with van der Waals surface area (Å²) in [7, 11) is 3.49. The van der Waals surface area contributed by atoms with Crippen LogP contribution in [-0.4, -0.2) is 29.3 Å². The van der Waals surface area contributed by atoms with Crippen LogP contribution in [0.1, 0.15) is 5.56 Å². The maximum Gasteiger partial charge on any atom is 0.251 e. The van der Waals surface area contributed by atoms with E-state index in [1.165, 1.54) is 0 Å². The minimum atomic E-state index is 0.487. The molecule has 0 saturated carbocycles. The number of rotatable bonds is 5. The zero-order valence-electron chi connectivity index (χ0n) is 14.2. The Hall–Kier alpha value is -2.86. The molecular weight excluding hydrogens is 338 g/mol. The number of aryl methyl sites for hydroxylation is 1. The van der Waals surface area contributed by atoms with E-state index in [0.29, 0.717) is 22.5 Å². The van der Waals surface area contributed by atoms with Gasteiger partial charge in [0.2, 0.25) is 0 Å². The molecule has 3 rings (SSSR count). The molecule has 3 aromatic rings. The van der Waals surface area contributed by atoms with E-state index in [2.05, 4.69) is 20.5 Å². The number of halogens is 1. The number of ether oxygens (including phenoxy) is 1. The fourth-order valence-corrected chi connectivity index (χ4v) is 2.48. The Kier molecular flexibility index (Phi) is 5.00. The number of benzene rings is 2. The van der Waals surface area contributed by atoms with Gasteiger partial charge in [-0.3, -0.25) is 0 Å². The van der Waals surface area contributed by atoms with Crippen LogP contribution in [0.3, 0.4) is 0 Å². The van der Waals surface area contributed by atoms with Crippen molar-refractivity contribution in [3.05, 3.63) is 59.2 Å². The third-order valence-electron chi connectivity index (χ3n) is 3.73. The highest BCUT2D eigenvalue weighted by Crippen LogP contribution is 2.32. The first-order valence-corrected chi connectivity index (χ1v) is 8.06. The third kappa shape index (κ3) is 3.80. The molecule has 0 radical (unpaired) electrons. The lowest BCUT2D eigenvalue weighted by Crippen LogP contribution is -2.14. The standard InChI is InChI=1S/C18H18ClN5O/c1-12-9-15(16(25-3)10-14(12)19)21-17-11-20-23-18(22-17)24(2)13-7-5-4-6-8-13/h4-11H,1-3H3,(H,21,22,23). The summed E-state index contributed by atoms with van der Waals surface area (Å²) in [4.78, 5) is 6.39. The Morgan fingerprint density at radius 2 is 1.92 bits per heavy atom. The first-order chi connectivity index (χ1) is 12.1. The van der Waals surface area contributed by atoms with Crippen LogP contribution >= 0.6 is 11.6 Å². The van der Waals surface area contributed by atoms with Gasteiger partial charge in [0.15, 0.2) is 5.82 Å². The van der Waals surface area contributed by atoms with Crippen LogP contribution < -0.4 is 15.0 Å². The van der Waals surface area contributed by atoms with E-state index in [1.807, 2.05) is 55.3 Å². The predicted octanol–water partition coefficient (Wildman–Crippen LogP) is 4.35. The zero-order chi connectivity index (χ0) is 17.8. The summed E-state index contributed by atoms with van der Waals surface area (Å²) in [6.07, 6.45) is 1.56. The summed E-state index contributed by atoms with van der Waals surface area (Å²) in [5.41, 5.74) is 2.67. The smallest absolute Gasteiger partial charge is 0.251 e. The van der Waals surface area contributed by atoms with Crippen molar-refractivity contribution in [1.29, 1.82) is 0 Å². The van der Waals surface area contributed by atoms with Gasteiger partial charge in [-0.25, -0.2) is 0 Å². The molecule has 0 aliphatic carbocycles. The summed E-state index contributed by atoms with van der Waals surface area (Å²) in [5.74, 6) is 1.68. The molecule has 2 aromatic carbocycles. The minimum absolute atomic E-state index is 0.487. The number of nitrogens with zero attached hydrogens (tertiary/aromatic N) is 4. The predicted molar refractivity (Wildman–Crippen MR) is 100 cm³/mol. The molecule has 0 bridgehead atoms. The highest BCUT2D eigenvalue weighted by molar-refractivity contribution is 6.31. The van der Waals surface area contributed by atoms with E-state index in [0.717, 1.165) is 16.9 Å². The summed E-state index contributed by atoms with van der Waals surface area (Å²) in [6, 6.07) is 13.5. The van der Waals surface area contributed by atoms with Crippen molar-refractivity contribution < 1.29 is 4.74 Å². The van der Waals surface area contributed by atoms with E-state index < -0.39 is 0 Å². The normalized spacial score (nSPS) is 10.4. The lowest BCUT2D eigenvalue weighted by Gasteiger charge is -2.17. The van der Waals surface area contributed by atoms with Crippen molar-refractivity contribution in [3.63, 3.8) is 0 Å². The third-order valence-corrected chi connectivity index (χ3v) is 4.14. The topological polar surface area (TPSA) is 63.2 Å². The minimum Gasteiger partial charge on any atom is -0.495 e. The van der Waals surface area contributed by atoms with Crippen LogP contribution in [0.5, 0.6) is 5.75 Å². The molecule has 0 spiro atoms. The molecule has 0 aliphatic rings. The molecule has 1 aromatic heterocycles. The maximum atomic E-state index is 6.15. The molecule has 0 unspecified atom stereocenters. The van der Waals surface area contributed by atoms with E-state index in [1.54, 1.807) is 19.4 Å². The van der Waals surface area contributed by atoms with E-state index in [-0.39, 0.29) is 0 Å². The number of para-hydroxylation sites is 1. The zero-order valence-corrected chi connectivity index (χ0v) is 14.9. The number of anilines is 4. The Balaban J connectivity index is 1.89.